The monoisotopic (exact) mass is 421 g/mol. The zero-order valence-electron chi connectivity index (χ0n) is 15.8. The van der Waals surface area contributed by atoms with Crippen LogP contribution in [0.4, 0.5) is 13.2 Å². The molecule has 1 heterocycles. The summed E-state index contributed by atoms with van der Waals surface area (Å²) in [5, 5.41) is 2.75. The average molecular weight is 422 g/mol. The number of nitrogens with two attached hydrogens (primary N) is 1. The van der Waals surface area contributed by atoms with Crippen LogP contribution in [0, 0.1) is 11.8 Å². The predicted octanol–water partition coefficient (Wildman–Crippen LogP) is 2.62. The third kappa shape index (κ3) is 6.67. The molecule has 1 aliphatic heterocycles. The molecular weight excluding hydrogens is 395 g/mol. The van der Waals surface area contributed by atoms with Gasteiger partial charge in [-0.2, -0.15) is 13.2 Å². The molecule has 3 N–H and O–H groups in total. The molecule has 2 unspecified atom stereocenters. The zero-order chi connectivity index (χ0) is 20.0. The van der Waals surface area contributed by atoms with Crippen LogP contribution in [-0.4, -0.2) is 42.9 Å². The van der Waals surface area contributed by atoms with Crippen molar-refractivity contribution in [1.82, 2.24) is 10.2 Å². The Balaban J connectivity index is 0.00000392. The Morgan fingerprint density at radius 1 is 1.29 bits per heavy atom. The van der Waals surface area contributed by atoms with Crippen molar-refractivity contribution >= 4 is 24.2 Å². The van der Waals surface area contributed by atoms with Gasteiger partial charge in [0.25, 0.3) is 0 Å². The summed E-state index contributed by atoms with van der Waals surface area (Å²) in [5.74, 6) is -0.778. The van der Waals surface area contributed by atoms with Crippen LogP contribution in [0.1, 0.15) is 30.9 Å². The van der Waals surface area contributed by atoms with Gasteiger partial charge in [-0.3, -0.25) is 9.59 Å². The lowest BCUT2D eigenvalue weighted by Crippen LogP contribution is -2.47. The molecule has 9 heteroatoms. The molecule has 28 heavy (non-hydrogen) atoms. The van der Waals surface area contributed by atoms with Crippen molar-refractivity contribution in [2.45, 2.75) is 32.4 Å². The third-order valence-electron chi connectivity index (χ3n) is 4.79. The first kappa shape index (κ1) is 24.2. The van der Waals surface area contributed by atoms with Crippen molar-refractivity contribution in [3.05, 3.63) is 35.4 Å². The lowest BCUT2D eigenvalue weighted by molar-refractivity contribution is -0.139. The van der Waals surface area contributed by atoms with Crippen molar-refractivity contribution in [1.29, 1.82) is 0 Å². The van der Waals surface area contributed by atoms with Gasteiger partial charge in [0.1, 0.15) is 0 Å². The van der Waals surface area contributed by atoms with Crippen LogP contribution in [0.3, 0.4) is 0 Å². The van der Waals surface area contributed by atoms with Gasteiger partial charge in [0.15, 0.2) is 0 Å². The molecule has 0 aromatic heterocycles. The summed E-state index contributed by atoms with van der Waals surface area (Å²) >= 11 is 0. The van der Waals surface area contributed by atoms with Crippen LogP contribution in [0.5, 0.6) is 0 Å². The minimum atomic E-state index is -4.37. The normalized spacial score (nSPS) is 18.2. The summed E-state index contributed by atoms with van der Waals surface area (Å²) < 4.78 is 37.9. The van der Waals surface area contributed by atoms with E-state index in [0.29, 0.717) is 38.2 Å². The minimum Gasteiger partial charge on any atom is -0.355 e. The molecule has 1 aromatic rings. The number of piperidine rings is 1. The topological polar surface area (TPSA) is 75.4 Å². The van der Waals surface area contributed by atoms with Gasteiger partial charge in [0.05, 0.1) is 11.5 Å². The van der Waals surface area contributed by atoms with E-state index in [9.17, 15) is 22.8 Å². The maximum absolute atomic E-state index is 12.7. The van der Waals surface area contributed by atoms with E-state index in [-0.39, 0.29) is 36.1 Å². The number of likely N-dealkylation sites (tertiary alicyclic amines) is 1. The van der Waals surface area contributed by atoms with E-state index in [2.05, 4.69) is 5.32 Å². The van der Waals surface area contributed by atoms with Gasteiger partial charge in [-0.15, -0.1) is 12.4 Å². The summed E-state index contributed by atoms with van der Waals surface area (Å²) in [6.07, 6.45) is -2.53. The Morgan fingerprint density at radius 2 is 1.93 bits per heavy atom. The van der Waals surface area contributed by atoms with E-state index >= 15 is 0 Å². The van der Waals surface area contributed by atoms with Gasteiger partial charge in [0, 0.05) is 32.1 Å². The summed E-state index contributed by atoms with van der Waals surface area (Å²) in [5.41, 5.74) is 5.36. The molecule has 0 spiro atoms. The molecule has 2 rings (SSSR count). The van der Waals surface area contributed by atoms with Crippen LogP contribution in [0.2, 0.25) is 0 Å². The van der Waals surface area contributed by atoms with Gasteiger partial charge >= 0.3 is 6.18 Å². The number of nitrogens with zero attached hydrogens (tertiary/aromatic N) is 1. The second-order valence-electron chi connectivity index (χ2n) is 7.00. The van der Waals surface area contributed by atoms with Crippen molar-refractivity contribution in [2.75, 3.05) is 26.2 Å². The molecule has 0 saturated carbocycles. The summed E-state index contributed by atoms with van der Waals surface area (Å²) in [6.45, 7) is 3.50. The van der Waals surface area contributed by atoms with E-state index in [1.54, 1.807) is 11.8 Å². The molecule has 0 bridgehead atoms. The maximum atomic E-state index is 12.7. The van der Waals surface area contributed by atoms with Crippen molar-refractivity contribution in [3.63, 3.8) is 0 Å². The second kappa shape index (κ2) is 10.7. The molecule has 0 radical (unpaired) electrons. The zero-order valence-corrected chi connectivity index (χ0v) is 16.6. The second-order valence-corrected chi connectivity index (χ2v) is 7.00. The molecule has 1 fully saturated rings. The van der Waals surface area contributed by atoms with E-state index in [4.69, 9.17) is 5.73 Å². The SMILES string of the molecule is CC(Cc1ccc(C(F)(F)F)cc1)C(=O)N1CCCC(C(=O)NCCN)C1.Cl. The van der Waals surface area contributed by atoms with E-state index in [1.165, 1.54) is 12.1 Å². The number of carbonyl (C=O) groups excluding carboxylic acids is 2. The van der Waals surface area contributed by atoms with Crippen LogP contribution in [-0.2, 0) is 22.2 Å². The Morgan fingerprint density at radius 3 is 2.50 bits per heavy atom. The number of carbonyl (C=O) groups is 2. The largest absolute Gasteiger partial charge is 0.416 e. The number of hydrogen-bond donors (Lipinski definition) is 2. The molecule has 0 aliphatic carbocycles. The first-order valence-electron chi connectivity index (χ1n) is 9.15. The molecular formula is C19H27ClF3N3O2. The van der Waals surface area contributed by atoms with Crippen LogP contribution >= 0.6 is 12.4 Å². The van der Waals surface area contributed by atoms with Crippen molar-refractivity contribution < 1.29 is 22.8 Å². The number of amides is 2. The summed E-state index contributed by atoms with van der Waals surface area (Å²) in [4.78, 5) is 26.5. The molecule has 1 aromatic carbocycles. The predicted molar refractivity (Wildman–Crippen MR) is 103 cm³/mol. The number of alkyl halides is 3. The first-order chi connectivity index (χ1) is 12.7. The molecule has 158 valence electrons. The number of nitrogens with one attached hydrogen (secondary N) is 1. The summed E-state index contributed by atoms with van der Waals surface area (Å²) in [7, 11) is 0. The van der Waals surface area contributed by atoms with Crippen molar-refractivity contribution in [2.24, 2.45) is 17.6 Å². The van der Waals surface area contributed by atoms with Crippen LogP contribution < -0.4 is 11.1 Å². The van der Waals surface area contributed by atoms with E-state index in [1.807, 2.05) is 0 Å². The molecule has 2 atom stereocenters. The van der Waals surface area contributed by atoms with E-state index in [0.717, 1.165) is 25.0 Å². The Bertz CT molecular complexity index is 653. The third-order valence-corrected chi connectivity index (χ3v) is 4.79. The average Bonchev–Trinajstić information content (AvgIpc) is 2.65. The highest BCUT2D eigenvalue weighted by Crippen LogP contribution is 2.29. The summed E-state index contributed by atoms with van der Waals surface area (Å²) in [6, 6.07) is 4.88. The molecule has 1 saturated heterocycles. The maximum Gasteiger partial charge on any atom is 0.416 e. The Hall–Kier alpha value is -1.80. The lowest BCUT2D eigenvalue weighted by Gasteiger charge is -2.33. The number of benzene rings is 1. The van der Waals surface area contributed by atoms with Gasteiger partial charge in [-0.25, -0.2) is 0 Å². The minimum absolute atomic E-state index is 0. The fraction of sp³-hybridized carbons (Fsp3) is 0.579. The smallest absolute Gasteiger partial charge is 0.355 e. The standard InChI is InChI=1S/C19H26F3N3O2.ClH/c1-13(11-14-4-6-16(7-5-14)19(20,21)22)18(27)25-10-2-3-15(12-25)17(26)24-9-8-23;/h4-7,13,15H,2-3,8-12,23H2,1H3,(H,24,26);1H. The van der Waals surface area contributed by atoms with Gasteiger partial charge < -0.3 is 16.0 Å². The van der Waals surface area contributed by atoms with Gasteiger partial charge in [-0.05, 0) is 37.0 Å². The van der Waals surface area contributed by atoms with Crippen LogP contribution in [0.15, 0.2) is 24.3 Å². The highest BCUT2D eigenvalue weighted by atomic mass is 35.5. The van der Waals surface area contributed by atoms with Gasteiger partial charge in [-0.1, -0.05) is 19.1 Å². The first-order valence-corrected chi connectivity index (χ1v) is 9.15. The quantitative estimate of drug-likeness (QED) is 0.741. The van der Waals surface area contributed by atoms with Crippen LogP contribution in [0.25, 0.3) is 0 Å². The van der Waals surface area contributed by atoms with E-state index < -0.39 is 11.7 Å². The Kier molecular flexibility index (Phi) is 9.23. The van der Waals surface area contributed by atoms with Crippen molar-refractivity contribution in [3.8, 4) is 0 Å². The lowest BCUT2D eigenvalue weighted by atomic mass is 9.94. The fourth-order valence-corrected chi connectivity index (χ4v) is 3.31. The highest BCUT2D eigenvalue weighted by Gasteiger charge is 2.31. The molecule has 5 nitrogen and oxygen atoms in total. The number of hydrogen-bond acceptors (Lipinski definition) is 3. The molecule has 2 amide bonds. The Labute approximate surface area is 169 Å². The number of halogens is 4. The molecule has 1 aliphatic rings. The highest BCUT2D eigenvalue weighted by molar-refractivity contribution is 5.85. The van der Waals surface area contributed by atoms with Gasteiger partial charge in [0.2, 0.25) is 11.8 Å². The fourth-order valence-electron chi connectivity index (χ4n) is 3.31. The number of rotatable bonds is 6.